The molecule has 2 aliphatic carbocycles. The van der Waals surface area contributed by atoms with E-state index in [1.165, 1.54) is 4.90 Å². The van der Waals surface area contributed by atoms with E-state index >= 15 is 0 Å². The lowest BCUT2D eigenvalue weighted by molar-refractivity contribution is -0.142. The molecular weight excluding hydrogens is 351 g/mol. The summed E-state index contributed by atoms with van der Waals surface area (Å²) < 4.78 is 51.2. The lowest BCUT2D eigenvalue weighted by Crippen LogP contribution is -2.41. The van der Waals surface area contributed by atoms with Crippen molar-refractivity contribution < 1.29 is 27.4 Å². The van der Waals surface area contributed by atoms with Gasteiger partial charge < -0.3 is 14.4 Å². The summed E-state index contributed by atoms with van der Waals surface area (Å²) in [5.74, 6) is 0.231. The van der Waals surface area contributed by atoms with Crippen LogP contribution < -0.4 is 4.74 Å². The molecule has 9 heteroatoms. The molecular formula is C17H20F3N3O3. The molecule has 0 aromatic carbocycles. The minimum absolute atomic E-state index is 0.129. The van der Waals surface area contributed by atoms with Gasteiger partial charge in [0.2, 0.25) is 0 Å². The fourth-order valence-electron chi connectivity index (χ4n) is 4.20. The summed E-state index contributed by atoms with van der Waals surface area (Å²) >= 11 is 0. The zero-order valence-electron chi connectivity index (χ0n) is 14.2. The quantitative estimate of drug-likeness (QED) is 0.817. The molecule has 1 amide bonds. The van der Waals surface area contributed by atoms with Crippen molar-refractivity contribution in [1.29, 1.82) is 0 Å². The van der Waals surface area contributed by atoms with E-state index in [0.29, 0.717) is 25.0 Å². The Bertz CT molecular complexity index is 692. The van der Waals surface area contributed by atoms with Gasteiger partial charge >= 0.3 is 12.2 Å². The first-order chi connectivity index (χ1) is 12.4. The fraction of sp³-hybridized carbons (Fsp3) is 0.706. The van der Waals surface area contributed by atoms with E-state index in [2.05, 4.69) is 9.97 Å². The minimum atomic E-state index is -4.76. The average Bonchev–Trinajstić information content (AvgIpc) is 3.24. The Hall–Kier alpha value is -1.90. The molecule has 3 aliphatic rings. The molecule has 0 N–H and O–H groups in total. The number of alkyl halides is 3. The Morgan fingerprint density at radius 2 is 2.00 bits per heavy atom. The number of carbonyl (C=O) groups is 1. The van der Waals surface area contributed by atoms with Gasteiger partial charge in [0.15, 0.2) is 5.69 Å². The van der Waals surface area contributed by atoms with Gasteiger partial charge in [-0.25, -0.2) is 4.98 Å². The van der Waals surface area contributed by atoms with Crippen LogP contribution in [-0.2, 0) is 10.9 Å². The zero-order valence-corrected chi connectivity index (χ0v) is 14.2. The van der Waals surface area contributed by atoms with Crippen LogP contribution in [0.4, 0.5) is 13.2 Å². The van der Waals surface area contributed by atoms with E-state index < -0.39 is 23.3 Å². The smallest absolute Gasteiger partial charge is 0.434 e. The summed E-state index contributed by atoms with van der Waals surface area (Å²) in [7, 11) is 0. The SMILES string of the molecule is O=C(c1cnc(O[C@@H]2C[C@H]3CC[C@@H]2C3)nc1C(F)(F)F)N1CCOCC1. The van der Waals surface area contributed by atoms with Crippen molar-refractivity contribution >= 4 is 5.91 Å². The molecule has 0 radical (unpaired) electrons. The summed E-state index contributed by atoms with van der Waals surface area (Å²) in [6.07, 6.45) is 0.147. The molecule has 1 aliphatic heterocycles. The summed E-state index contributed by atoms with van der Waals surface area (Å²) in [4.78, 5) is 21.3. The van der Waals surface area contributed by atoms with Gasteiger partial charge in [-0.15, -0.1) is 0 Å². The fourth-order valence-corrected chi connectivity index (χ4v) is 4.20. The number of halogens is 3. The molecule has 3 fully saturated rings. The number of ether oxygens (including phenoxy) is 2. The highest BCUT2D eigenvalue weighted by Crippen LogP contribution is 2.45. The van der Waals surface area contributed by atoms with E-state index in [9.17, 15) is 18.0 Å². The Balaban J connectivity index is 1.57. The maximum absolute atomic E-state index is 13.5. The van der Waals surface area contributed by atoms with Crippen LogP contribution in [0.3, 0.4) is 0 Å². The van der Waals surface area contributed by atoms with E-state index in [-0.39, 0.29) is 25.2 Å². The Labute approximate surface area is 148 Å². The van der Waals surface area contributed by atoms with E-state index in [4.69, 9.17) is 9.47 Å². The molecule has 1 aromatic rings. The van der Waals surface area contributed by atoms with Gasteiger partial charge in [0.25, 0.3) is 5.91 Å². The highest BCUT2D eigenvalue weighted by atomic mass is 19.4. The Morgan fingerprint density at radius 3 is 2.62 bits per heavy atom. The Morgan fingerprint density at radius 1 is 1.23 bits per heavy atom. The topological polar surface area (TPSA) is 64.5 Å². The van der Waals surface area contributed by atoms with Crippen LogP contribution in [0, 0.1) is 11.8 Å². The van der Waals surface area contributed by atoms with Crippen LogP contribution in [0.15, 0.2) is 6.20 Å². The zero-order chi connectivity index (χ0) is 18.3. The second kappa shape index (κ2) is 6.68. The standard InChI is InChI=1S/C17H20F3N3O3/c18-17(19,20)14-12(15(24)23-3-5-25-6-4-23)9-21-16(22-14)26-13-8-10-1-2-11(13)7-10/h9-11,13H,1-8H2/t10-,11+,13+/m0/s1. The van der Waals surface area contributed by atoms with Crippen molar-refractivity contribution in [2.75, 3.05) is 26.3 Å². The summed E-state index contributed by atoms with van der Waals surface area (Å²) in [6, 6.07) is -0.298. The maximum Gasteiger partial charge on any atom is 0.434 e. The molecule has 2 saturated carbocycles. The molecule has 1 aromatic heterocycles. The number of nitrogens with zero attached hydrogens (tertiary/aromatic N) is 3. The van der Waals surface area contributed by atoms with Gasteiger partial charge in [0.05, 0.1) is 18.8 Å². The third-order valence-corrected chi connectivity index (χ3v) is 5.49. The van der Waals surface area contributed by atoms with Crippen LogP contribution in [0.1, 0.15) is 41.7 Å². The van der Waals surface area contributed by atoms with Gasteiger partial charge in [-0.05, 0) is 37.5 Å². The Kier molecular flexibility index (Phi) is 4.50. The second-order valence-electron chi connectivity index (χ2n) is 7.15. The maximum atomic E-state index is 13.5. The molecule has 26 heavy (non-hydrogen) atoms. The average molecular weight is 371 g/mol. The van der Waals surface area contributed by atoms with Gasteiger partial charge in [0, 0.05) is 19.3 Å². The highest BCUT2D eigenvalue weighted by Gasteiger charge is 2.43. The van der Waals surface area contributed by atoms with Crippen molar-refractivity contribution in [3.05, 3.63) is 17.5 Å². The summed E-state index contributed by atoms with van der Waals surface area (Å²) in [5, 5.41) is 0. The van der Waals surface area contributed by atoms with E-state index in [1.807, 2.05) is 0 Å². The number of morpholine rings is 1. The monoisotopic (exact) mass is 371 g/mol. The first-order valence-electron chi connectivity index (χ1n) is 8.89. The molecule has 2 bridgehead atoms. The normalized spacial score (nSPS) is 28.4. The molecule has 2 heterocycles. The molecule has 142 valence electrons. The predicted molar refractivity (Wildman–Crippen MR) is 83.6 cm³/mol. The third-order valence-electron chi connectivity index (χ3n) is 5.49. The van der Waals surface area contributed by atoms with Crippen LogP contribution >= 0.6 is 0 Å². The van der Waals surface area contributed by atoms with Crippen molar-refractivity contribution in [3.8, 4) is 6.01 Å². The van der Waals surface area contributed by atoms with Crippen LogP contribution in [-0.4, -0.2) is 53.2 Å². The number of fused-ring (bicyclic) bond motifs is 2. The molecule has 3 atom stereocenters. The molecule has 1 saturated heterocycles. The first-order valence-corrected chi connectivity index (χ1v) is 8.89. The van der Waals surface area contributed by atoms with E-state index in [0.717, 1.165) is 31.9 Å². The number of hydrogen-bond acceptors (Lipinski definition) is 5. The van der Waals surface area contributed by atoms with Crippen molar-refractivity contribution in [2.45, 2.75) is 38.0 Å². The van der Waals surface area contributed by atoms with Gasteiger partial charge in [-0.3, -0.25) is 4.79 Å². The first kappa shape index (κ1) is 17.5. The van der Waals surface area contributed by atoms with E-state index in [1.54, 1.807) is 0 Å². The molecule has 0 spiro atoms. The van der Waals surface area contributed by atoms with Crippen LogP contribution in [0.5, 0.6) is 6.01 Å². The number of rotatable bonds is 3. The molecule has 4 rings (SSSR count). The third kappa shape index (κ3) is 3.36. The van der Waals surface area contributed by atoms with Crippen molar-refractivity contribution in [2.24, 2.45) is 11.8 Å². The predicted octanol–water partition coefficient (Wildman–Crippen LogP) is 2.54. The molecule has 0 unspecified atom stereocenters. The number of hydrogen-bond donors (Lipinski definition) is 0. The highest BCUT2D eigenvalue weighted by molar-refractivity contribution is 5.95. The van der Waals surface area contributed by atoms with Crippen molar-refractivity contribution in [3.63, 3.8) is 0 Å². The second-order valence-corrected chi connectivity index (χ2v) is 7.15. The minimum Gasteiger partial charge on any atom is -0.460 e. The van der Waals surface area contributed by atoms with Crippen LogP contribution in [0.25, 0.3) is 0 Å². The number of amides is 1. The molecule has 6 nitrogen and oxygen atoms in total. The summed E-state index contributed by atoms with van der Waals surface area (Å²) in [6.45, 7) is 1.11. The van der Waals surface area contributed by atoms with Gasteiger partial charge in [-0.2, -0.15) is 18.2 Å². The largest absolute Gasteiger partial charge is 0.460 e. The summed E-state index contributed by atoms with van der Waals surface area (Å²) in [5.41, 5.74) is -1.78. The number of aromatic nitrogens is 2. The van der Waals surface area contributed by atoms with Crippen molar-refractivity contribution in [1.82, 2.24) is 14.9 Å². The van der Waals surface area contributed by atoms with Crippen LogP contribution in [0.2, 0.25) is 0 Å². The van der Waals surface area contributed by atoms with Gasteiger partial charge in [-0.1, -0.05) is 0 Å². The lowest BCUT2D eigenvalue weighted by Gasteiger charge is -2.27. The number of carbonyl (C=O) groups excluding carboxylic acids is 1. The van der Waals surface area contributed by atoms with Gasteiger partial charge in [0.1, 0.15) is 6.10 Å². The lowest BCUT2D eigenvalue weighted by atomic mass is 9.98.